The number of morpholine rings is 1. The molecule has 2 aliphatic heterocycles. The van der Waals surface area contributed by atoms with E-state index in [0.717, 1.165) is 45.7 Å². The third-order valence-electron chi connectivity index (χ3n) is 4.73. The summed E-state index contributed by atoms with van der Waals surface area (Å²) < 4.78 is 11.4. The number of nitrogens with zero attached hydrogens (tertiary/aromatic N) is 2. The van der Waals surface area contributed by atoms with Crippen LogP contribution in [0.2, 0.25) is 0 Å². The van der Waals surface area contributed by atoms with E-state index in [1.807, 2.05) is 4.90 Å². The SMILES string of the molecule is CN1CCO[C@@H](CN(CC2CC2)C(=O)NC[C@@H]2CCCO2)C1. The maximum Gasteiger partial charge on any atom is 0.317 e. The van der Waals surface area contributed by atoms with Crippen molar-refractivity contribution >= 4 is 6.03 Å². The first-order valence-corrected chi connectivity index (χ1v) is 8.65. The van der Waals surface area contributed by atoms with Crippen molar-refractivity contribution in [1.82, 2.24) is 15.1 Å². The molecule has 22 heavy (non-hydrogen) atoms. The zero-order chi connectivity index (χ0) is 15.4. The Balaban J connectivity index is 1.47. The van der Waals surface area contributed by atoms with Crippen molar-refractivity contribution in [1.29, 1.82) is 0 Å². The van der Waals surface area contributed by atoms with Crippen molar-refractivity contribution in [2.75, 3.05) is 53.0 Å². The summed E-state index contributed by atoms with van der Waals surface area (Å²) in [4.78, 5) is 16.7. The molecule has 0 aromatic rings. The Bertz CT molecular complexity index is 370. The maximum absolute atomic E-state index is 12.5. The highest BCUT2D eigenvalue weighted by atomic mass is 16.5. The lowest BCUT2D eigenvalue weighted by Gasteiger charge is -2.34. The molecule has 2 saturated heterocycles. The average molecular weight is 311 g/mol. The highest BCUT2D eigenvalue weighted by Gasteiger charge is 2.30. The first kappa shape index (κ1) is 16.0. The van der Waals surface area contributed by atoms with Crippen molar-refractivity contribution < 1.29 is 14.3 Å². The van der Waals surface area contributed by atoms with Crippen LogP contribution in [0.4, 0.5) is 4.79 Å². The zero-order valence-electron chi connectivity index (χ0n) is 13.6. The van der Waals surface area contributed by atoms with E-state index in [1.165, 1.54) is 12.8 Å². The molecular weight excluding hydrogens is 282 g/mol. The minimum absolute atomic E-state index is 0.0410. The van der Waals surface area contributed by atoms with Crippen LogP contribution < -0.4 is 5.32 Å². The van der Waals surface area contributed by atoms with E-state index in [0.29, 0.717) is 19.0 Å². The van der Waals surface area contributed by atoms with Gasteiger partial charge in [0.2, 0.25) is 0 Å². The van der Waals surface area contributed by atoms with E-state index in [1.54, 1.807) is 0 Å². The molecule has 6 heteroatoms. The maximum atomic E-state index is 12.5. The summed E-state index contributed by atoms with van der Waals surface area (Å²) in [5, 5.41) is 3.05. The van der Waals surface area contributed by atoms with Gasteiger partial charge in [0, 0.05) is 39.3 Å². The third kappa shape index (κ3) is 4.83. The molecule has 2 amide bonds. The van der Waals surface area contributed by atoms with E-state index >= 15 is 0 Å². The molecule has 2 heterocycles. The molecule has 0 aromatic carbocycles. The molecular formula is C16H29N3O3. The number of urea groups is 1. The zero-order valence-corrected chi connectivity index (χ0v) is 13.6. The summed E-state index contributed by atoms with van der Waals surface area (Å²) in [7, 11) is 2.11. The fourth-order valence-electron chi connectivity index (χ4n) is 3.19. The van der Waals surface area contributed by atoms with Gasteiger partial charge in [-0.15, -0.1) is 0 Å². The normalized spacial score (nSPS) is 29.5. The number of hydrogen-bond donors (Lipinski definition) is 1. The Kier molecular flexibility index (Phi) is 5.55. The van der Waals surface area contributed by atoms with Crippen LogP contribution >= 0.6 is 0 Å². The van der Waals surface area contributed by atoms with E-state index in [9.17, 15) is 4.79 Å². The third-order valence-corrected chi connectivity index (χ3v) is 4.73. The van der Waals surface area contributed by atoms with Crippen molar-refractivity contribution in [2.24, 2.45) is 5.92 Å². The Labute approximate surface area is 133 Å². The van der Waals surface area contributed by atoms with Crippen molar-refractivity contribution in [3.05, 3.63) is 0 Å². The highest BCUT2D eigenvalue weighted by Crippen LogP contribution is 2.30. The number of ether oxygens (including phenoxy) is 2. The fourth-order valence-corrected chi connectivity index (χ4v) is 3.19. The van der Waals surface area contributed by atoms with E-state index < -0.39 is 0 Å². The first-order valence-electron chi connectivity index (χ1n) is 8.65. The molecule has 3 fully saturated rings. The number of hydrogen-bond acceptors (Lipinski definition) is 4. The topological polar surface area (TPSA) is 54.0 Å². The van der Waals surface area contributed by atoms with Crippen molar-refractivity contribution in [2.45, 2.75) is 37.9 Å². The van der Waals surface area contributed by atoms with Gasteiger partial charge in [0.25, 0.3) is 0 Å². The van der Waals surface area contributed by atoms with Gasteiger partial charge < -0.3 is 24.6 Å². The van der Waals surface area contributed by atoms with Crippen LogP contribution in [-0.4, -0.2) is 81.0 Å². The Morgan fingerprint density at radius 3 is 2.68 bits per heavy atom. The molecule has 0 spiro atoms. The van der Waals surface area contributed by atoms with Gasteiger partial charge in [-0.25, -0.2) is 4.79 Å². The summed E-state index contributed by atoms with van der Waals surface area (Å²) in [5.41, 5.74) is 0. The molecule has 0 aromatic heterocycles. The van der Waals surface area contributed by atoms with Crippen LogP contribution in [0.5, 0.6) is 0 Å². The van der Waals surface area contributed by atoms with Gasteiger partial charge in [-0.05, 0) is 38.6 Å². The standard InChI is InChI=1S/C16H29N3O3/c1-18-6-8-22-15(11-18)12-19(10-13-4-5-13)16(20)17-9-14-3-2-7-21-14/h13-15H,2-12H2,1H3,(H,17,20)/t14-,15+/m0/s1. The summed E-state index contributed by atoms with van der Waals surface area (Å²) in [6.07, 6.45) is 4.99. The molecule has 3 aliphatic rings. The van der Waals surface area contributed by atoms with Gasteiger partial charge in [-0.1, -0.05) is 0 Å². The highest BCUT2D eigenvalue weighted by molar-refractivity contribution is 5.74. The van der Waals surface area contributed by atoms with Crippen molar-refractivity contribution in [3.8, 4) is 0 Å². The molecule has 1 saturated carbocycles. The molecule has 0 bridgehead atoms. The van der Waals surface area contributed by atoms with Gasteiger partial charge in [-0.3, -0.25) is 0 Å². The van der Waals surface area contributed by atoms with Crippen LogP contribution in [0.15, 0.2) is 0 Å². The molecule has 126 valence electrons. The molecule has 0 radical (unpaired) electrons. The van der Waals surface area contributed by atoms with Gasteiger partial charge in [0.1, 0.15) is 0 Å². The van der Waals surface area contributed by atoms with E-state index in [4.69, 9.17) is 9.47 Å². The summed E-state index contributed by atoms with van der Waals surface area (Å²) in [6, 6.07) is 0.0410. The molecule has 2 atom stereocenters. The number of nitrogens with one attached hydrogen (secondary N) is 1. The number of rotatable bonds is 6. The van der Waals surface area contributed by atoms with Gasteiger partial charge in [-0.2, -0.15) is 0 Å². The lowest BCUT2D eigenvalue weighted by atomic mass is 10.2. The largest absolute Gasteiger partial charge is 0.376 e. The lowest BCUT2D eigenvalue weighted by molar-refractivity contribution is -0.0309. The molecule has 1 aliphatic carbocycles. The Morgan fingerprint density at radius 1 is 1.18 bits per heavy atom. The summed E-state index contributed by atoms with van der Waals surface area (Å²) in [6.45, 7) is 5.65. The fraction of sp³-hybridized carbons (Fsp3) is 0.938. The number of carbonyl (C=O) groups is 1. The van der Waals surface area contributed by atoms with Gasteiger partial charge in [0.15, 0.2) is 0 Å². The second-order valence-electron chi connectivity index (χ2n) is 6.92. The molecule has 0 unspecified atom stereocenters. The first-order chi connectivity index (χ1) is 10.7. The van der Waals surface area contributed by atoms with Crippen LogP contribution in [-0.2, 0) is 9.47 Å². The smallest absolute Gasteiger partial charge is 0.317 e. The van der Waals surface area contributed by atoms with Crippen LogP contribution in [0.1, 0.15) is 25.7 Å². The number of carbonyl (C=O) groups excluding carboxylic acids is 1. The molecule has 6 nitrogen and oxygen atoms in total. The quantitative estimate of drug-likeness (QED) is 0.792. The van der Waals surface area contributed by atoms with Crippen LogP contribution in [0.25, 0.3) is 0 Å². The number of likely N-dealkylation sites (N-methyl/N-ethyl adjacent to an activating group) is 1. The van der Waals surface area contributed by atoms with Crippen LogP contribution in [0, 0.1) is 5.92 Å². The van der Waals surface area contributed by atoms with Gasteiger partial charge in [0.05, 0.1) is 18.8 Å². The second-order valence-corrected chi connectivity index (χ2v) is 6.92. The predicted octanol–water partition coefficient (Wildman–Crippen LogP) is 0.918. The second kappa shape index (κ2) is 7.62. The number of amides is 2. The monoisotopic (exact) mass is 311 g/mol. The van der Waals surface area contributed by atoms with E-state index in [-0.39, 0.29) is 18.2 Å². The van der Waals surface area contributed by atoms with Crippen LogP contribution in [0.3, 0.4) is 0 Å². The summed E-state index contributed by atoms with van der Waals surface area (Å²) in [5.74, 6) is 0.690. The molecule has 3 rings (SSSR count). The minimum Gasteiger partial charge on any atom is -0.376 e. The minimum atomic E-state index is 0.0410. The lowest BCUT2D eigenvalue weighted by Crippen LogP contribution is -2.51. The predicted molar refractivity (Wildman–Crippen MR) is 83.9 cm³/mol. The summed E-state index contributed by atoms with van der Waals surface area (Å²) >= 11 is 0. The van der Waals surface area contributed by atoms with Gasteiger partial charge >= 0.3 is 6.03 Å². The average Bonchev–Trinajstić information content (AvgIpc) is 3.16. The Morgan fingerprint density at radius 2 is 2.00 bits per heavy atom. The molecule has 1 N–H and O–H groups in total. The van der Waals surface area contributed by atoms with Crippen molar-refractivity contribution in [3.63, 3.8) is 0 Å². The van der Waals surface area contributed by atoms with E-state index in [2.05, 4.69) is 17.3 Å². The Hall–Kier alpha value is -0.850.